The number of carbonyl (C=O) groups is 2. The number of aliphatic hydroxyl groups is 1. The van der Waals surface area contributed by atoms with Crippen LogP contribution >= 0.6 is 22.7 Å². The number of aliphatic hydroxyl groups excluding tert-OH is 1. The molecule has 1 aliphatic heterocycles. The molecule has 1 atom stereocenters. The Morgan fingerprint density at radius 2 is 1.91 bits per heavy atom. The minimum absolute atomic E-state index is 0.0356. The lowest BCUT2D eigenvalue weighted by Crippen LogP contribution is -2.30. The Balaban J connectivity index is 1.64. The number of aromatic nitrogens is 1. The summed E-state index contributed by atoms with van der Waals surface area (Å²) in [6, 6.07) is 15.2. The Morgan fingerprint density at radius 1 is 1.15 bits per heavy atom. The average molecular weight is 493 g/mol. The number of rotatable bonds is 7. The van der Waals surface area contributed by atoms with Crippen LogP contribution in [0, 0.1) is 0 Å². The van der Waals surface area contributed by atoms with Gasteiger partial charge < -0.3 is 14.6 Å². The number of Topliss-reactive ketones (excluding diaryl/α,β-unsaturated/α-hetero) is 1. The van der Waals surface area contributed by atoms with Crippen LogP contribution in [-0.4, -0.2) is 35.5 Å². The molecule has 0 saturated carbocycles. The van der Waals surface area contributed by atoms with E-state index in [1.165, 1.54) is 27.6 Å². The van der Waals surface area contributed by atoms with Crippen LogP contribution < -0.4 is 14.4 Å². The van der Waals surface area contributed by atoms with Crippen LogP contribution in [0.4, 0.5) is 5.13 Å². The second kappa shape index (κ2) is 8.92. The second-order valence-corrected chi connectivity index (χ2v) is 9.44. The molecule has 2 aromatic carbocycles. The highest BCUT2D eigenvalue weighted by atomic mass is 32.1. The van der Waals surface area contributed by atoms with Gasteiger partial charge in [0.05, 0.1) is 40.4 Å². The maximum Gasteiger partial charge on any atom is 0.296 e. The maximum absolute atomic E-state index is 13.4. The van der Waals surface area contributed by atoms with E-state index in [1.54, 1.807) is 55.0 Å². The Labute approximate surface area is 203 Å². The lowest BCUT2D eigenvalue weighted by Gasteiger charge is -2.24. The van der Waals surface area contributed by atoms with Gasteiger partial charge in [0.25, 0.3) is 5.91 Å². The van der Waals surface area contributed by atoms with Crippen LogP contribution in [0.3, 0.4) is 0 Å². The van der Waals surface area contributed by atoms with Crippen molar-refractivity contribution in [1.82, 2.24) is 4.98 Å². The zero-order valence-electron chi connectivity index (χ0n) is 18.3. The molecule has 0 fully saturated rings. The second-order valence-electron chi connectivity index (χ2n) is 7.48. The van der Waals surface area contributed by atoms with E-state index in [0.29, 0.717) is 39.2 Å². The number of carbonyl (C=O) groups excluding carboxylic acids is 2. The predicted octanol–water partition coefficient (Wildman–Crippen LogP) is 5.55. The van der Waals surface area contributed by atoms with E-state index in [-0.39, 0.29) is 11.4 Å². The number of hydrogen-bond acceptors (Lipinski definition) is 8. The fourth-order valence-electron chi connectivity index (χ4n) is 3.93. The van der Waals surface area contributed by atoms with Gasteiger partial charge in [0, 0.05) is 0 Å². The number of nitrogens with zero attached hydrogens (tertiary/aromatic N) is 2. The zero-order valence-corrected chi connectivity index (χ0v) is 20.0. The molecular weight excluding hydrogens is 472 g/mol. The van der Waals surface area contributed by atoms with Crippen molar-refractivity contribution in [2.24, 2.45) is 0 Å². The first-order valence-electron chi connectivity index (χ1n) is 10.5. The van der Waals surface area contributed by atoms with Gasteiger partial charge in [0.2, 0.25) is 5.78 Å². The highest BCUT2D eigenvalue weighted by Gasteiger charge is 2.46. The van der Waals surface area contributed by atoms with Crippen molar-refractivity contribution in [3.05, 3.63) is 81.8 Å². The summed E-state index contributed by atoms with van der Waals surface area (Å²) < 4.78 is 11.7. The first kappa shape index (κ1) is 22.1. The first-order chi connectivity index (χ1) is 16.5. The summed E-state index contributed by atoms with van der Waals surface area (Å²) in [5.41, 5.74) is 1.39. The topological polar surface area (TPSA) is 89.0 Å². The Kier molecular flexibility index (Phi) is 5.80. The summed E-state index contributed by atoms with van der Waals surface area (Å²) in [7, 11) is 1.58. The number of hydrogen-bond donors (Lipinski definition) is 1. The summed E-state index contributed by atoms with van der Waals surface area (Å²) in [6.45, 7) is 2.41. The van der Waals surface area contributed by atoms with Crippen molar-refractivity contribution in [2.75, 3.05) is 18.6 Å². The molecule has 0 spiro atoms. The SMILES string of the molecule is CCOc1ccc([C@H]2C(C(=O)c3cccs3)=C(O)C(=O)N2c2nc3ccc(OC)cc3s2)cc1. The van der Waals surface area contributed by atoms with Gasteiger partial charge in [-0.2, -0.15) is 0 Å². The van der Waals surface area contributed by atoms with Crippen LogP contribution in [0.25, 0.3) is 10.2 Å². The third kappa shape index (κ3) is 3.72. The smallest absolute Gasteiger partial charge is 0.296 e. The molecule has 172 valence electrons. The molecule has 0 saturated heterocycles. The molecule has 1 aliphatic rings. The molecule has 4 aromatic rings. The van der Waals surface area contributed by atoms with E-state index >= 15 is 0 Å². The van der Waals surface area contributed by atoms with Gasteiger partial charge in [-0.15, -0.1) is 11.3 Å². The van der Waals surface area contributed by atoms with Crippen molar-refractivity contribution >= 4 is 49.7 Å². The van der Waals surface area contributed by atoms with Gasteiger partial charge in [0.15, 0.2) is 10.9 Å². The molecule has 3 heterocycles. The van der Waals surface area contributed by atoms with Gasteiger partial charge in [0.1, 0.15) is 11.5 Å². The maximum atomic E-state index is 13.4. The molecule has 0 radical (unpaired) electrons. The third-order valence-electron chi connectivity index (χ3n) is 5.49. The Hall–Kier alpha value is -3.69. The van der Waals surface area contributed by atoms with E-state index in [9.17, 15) is 14.7 Å². The van der Waals surface area contributed by atoms with Gasteiger partial charge in [-0.3, -0.25) is 14.5 Å². The van der Waals surface area contributed by atoms with E-state index in [4.69, 9.17) is 9.47 Å². The fraction of sp³-hybridized carbons (Fsp3) is 0.160. The molecule has 2 aromatic heterocycles. The largest absolute Gasteiger partial charge is 0.503 e. The molecule has 9 heteroatoms. The molecular formula is C25H20N2O5S2. The number of ether oxygens (including phenoxy) is 2. The van der Waals surface area contributed by atoms with Gasteiger partial charge in [-0.25, -0.2) is 4.98 Å². The molecule has 1 amide bonds. The van der Waals surface area contributed by atoms with E-state index in [1.807, 2.05) is 19.1 Å². The highest BCUT2D eigenvalue weighted by Crippen LogP contribution is 2.45. The molecule has 5 rings (SSSR count). The van der Waals surface area contributed by atoms with Crippen molar-refractivity contribution in [3.8, 4) is 11.5 Å². The minimum atomic E-state index is -0.833. The number of fused-ring (bicyclic) bond motifs is 1. The monoisotopic (exact) mass is 492 g/mol. The number of methoxy groups -OCH3 is 1. The highest BCUT2D eigenvalue weighted by molar-refractivity contribution is 7.22. The van der Waals surface area contributed by atoms with Gasteiger partial charge in [-0.05, 0) is 54.3 Å². The summed E-state index contributed by atoms with van der Waals surface area (Å²) in [6.07, 6.45) is 0. The summed E-state index contributed by atoms with van der Waals surface area (Å²) >= 11 is 2.55. The van der Waals surface area contributed by atoms with Crippen molar-refractivity contribution in [2.45, 2.75) is 13.0 Å². The van der Waals surface area contributed by atoms with Crippen molar-refractivity contribution < 1.29 is 24.2 Å². The van der Waals surface area contributed by atoms with E-state index < -0.39 is 17.7 Å². The van der Waals surface area contributed by atoms with Crippen LogP contribution in [0.2, 0.25) is 0 Å². The number of thiazole rings is 1. The first-order valence-corrected chi connectivity index (χ1v) is 12.2. The average Bonchev–Trinajstić information content (AvgIpc) is 3.58. The number of ketones is 1. The number of anilines is 1. The Bertz CT molecular complexity index is 1410. The number of benzene rings is 2. The van der Waals surface area contributed by atoms with Gasteiger partial charge >= 0.3 is 0 Å². The van der Waals surface area contributed by atoms with Gasteiger partial charge in [-0.1, -0.05) is 29.5 Å². The van der Waals surface area contributed by atoms with Crippen LogP contribution in [0.5, 0.6) is 11.5 Å². The summed E-state index contributed by atoms with van der Waals surface area (Å²) in [5, 5.41) is 13.1. The van der Waals surface area contributed by atoms with Crippen LogP contribution in [0.15, 0.2) is 71.3 Å². The molecule has 7 nitrogen and oxygen atoms in total. The van der Waals surface area contributed by atoms with Crippen LogP contribution in [0.1, 0.15) is 28.2 Å². The molecule has 1 N–H and O–H groups in total. The molecule has 0 unspecified atom stereocenters. The standard InChI is InChI=1S/C25H20N2O5S2/c1-3-32-15-8-6-14(7-9-15)21-20(22(28)18-5-4-12-33-18)23(29)24(30)27(21)25-26-17-11-10-16(31-2)13-19(17)34-25/h4-13,21,29H,3H2,1-2H3/t21-/m0/s1. The number of amides is 1. The molecule has 0 aliphatic carbocycles. The minimum Gasteiger partial charge on any atom is -0.503 e. The lowest BCUT2D eigenvalue weighted by atomic mass is 9.95. The molecule has 0 bridgehead atoms. The Morgan fingerprint density at radius 3 is 2.59 bits per heavy atom. The lowest BCUT2D eigenvalue weighted by molar-refractivity contribution is -0.117. The van der Waals surface area contributed by atoms with Crippen molar-refractivity contribution in [1.29, 1.82) is 0 Å². The molecule has 34 heavy (non-hydrogen) atoms. The summed E-state index contributed by atoms with van der Waals surface area (Å²) in [4.78, 5) is 33.2. The quantitative estimate of drug-likeness (QED) is 0.340. The zero-order chi connectivity index (χ0) is 23.8. The van der Waals surface area contributed by atoms with E-state index in [0.717, 1.165) is 4.70 Å². The predicted molar refractivity (Wildman–Crippen MR) is 132 cm³/mol. The van der Waals surface area contributed by atoms with E-state index in [2.05, 4.69) is 4.98 Å². The normalized spacial score (nSPS) is 15.9. The third-order valence-corrected chi connectivity index (χ3v) is 7.38. The fourth-order valence-corrected chi connectivity index (χ4v) is 5.62. The van der Waals surface area contributed by atoms with Crippen molar-refractivity contribution in [3.63, 3.8) is 0 Å². The van der Waals surface area contributed by atoms with Crippen LogP contribution in [-0.2, 0) is 4.79 Å². The summed E-state index contributed by atoms with van der Waals surface area (Å²) in [5.74, 6) is -0.259. The number of thiophene rings is 1.